The Morgan fingerprint density at radius 3 is 2.67 bits per heavy atom. The lowest BCUT2D eigenvalue weighted by molar-refractivity contribution is -0.118. The Balaban J connectivity index is 2.15. The highest BCUT2D eigenvalue weighted by Gasteiger charge is 2.34. The molecule has 1 saturated heterocycles. The van der Waals surface area contributed by atoms with E-state index in [0.29, 0.717) is 23.4 Å². The molecule has 1 fully saturated rings. The predicted molar refractivity (Wildman–Crippen MR) is 71.6 cm³/mol. The van der Waals surface area contributed by atoms with Crippen LogP contribution >= 0.6 is 11.6 Å². The van der Waals surface area contributed by atoms with Gasteiger partial charge in [0.05, 0.1) is 5.75 Å². The second kappa shape index (κ2) is 5.41. The first kappa shape index (κ1) is 13.6. The van der Waals surface area contributed by atoms with Gasteiger partial charge in [0.1, 0.15) is 5.25 Å². The minimum absolute atomic E-state index is 0.101. The lowest BCUT2D eigenvalue weighted by Crippen LogP contribution is -2.36. The van der Waals surface area contributed by atoms with Crippen molar-refractivity contribution in [2.75, 3.05) is 5.75 Å². The van der Waals surface area contributed by atoms with Crippen molar-refractivity contribution in [1.82, 2.24) is 0 Å². The molecule has 0 saturated carbocycles. The van der Waals surface area contributed by atoms with Gasteiger partial charge in [-0.15, -0.1) is 0 Å². The zero-order chi connectivity index (χ0) is 13.2. The Kier molecular flexibility index (Phi) is 4.07. The normalized spacial score (nSPS) is 22.6. The van der Waals surface area contributed by atoms with Crippen molar-refractivity contribution in [2.45, 2.75) is 30.9 Å². The van der Waals surface area contributed by atoms with Crippen molar-refractivity contribution in [3.8, 4) is 0 Å². The lowest BCUT2D eigenvalue weighted by Gasteiger charge is -2.21. The molecule has 2 rings (SSSR count). The third-order valence-corrected chi connectivity index (χ3v) is 5.85. The minimum Gasteiger partial charge on any atom is -0.298 e. The first-order valence-electron chi connectivity index (χ1n) is 5.98. The van der Waals surface area contributed by atoms with E-state index in [9.17, 15) is 13.2 Å². The summed E-state index contributed by atoms with van der Waals surface area (Å²) in [6.07, 6.45) is 2.02. The molecule has 1 heterocycles. The Labute approximate surface area is 112 Å². The number of rotatable bonds is 3. The van der Waals surface area contributed by atoms with E-state index in [2.05, 4.69) is 0 Å². The molecular weight excluding hydrogens is 272 g/mol. The fourth-order valence-corrected chi connectivity index (χ4v) is 4.36. The molecule has 1 aliphatic heterocycles. The number of hydrogen-bond acceptors (Lipinski definition) is 3. The first-order valence-corrected chi connectivity index (χ1v) is 8.08. The summed E-state index contributed by atoms with van der Waals surface area (Å²) < 4.78 is 23.7. The summed E-state index contributed by atoms with van der Waals surface area (Å²) >= 11 is 5.98. The highest BCUT2D eigenvalue weighted by molar-refractivity contribution is 7.92. The number of halogens is 1. The van der Waals surface area contributed by atoms with Crippen molar-refractivity contribution in [3.05, 3.63) is 34.9 Å². The molecule has 18 heavy (non-hydrogen) atoms. The molecule has 0 spiro atoms. The van der Waals surface area contributed by atoms with Crippen molar-refractivity contribution in [2.24, 2.45) is 0 Å². The van der Waals surface area contributed by atoms with Crippen molar-refractivity contribution in [1.29, 1.82) is 0 Å². The van der Waals surface area contributed by atoms with E-state index in [1.165, 1.54) is 0 Å². The molecule has 0 bridgehead atoms. The zero-order valence-electron chi connectivity index (χ0n) is 9.93. The van der Waals surface area contributed by atoms with Crippen LogP contribution < -0.4 is 0 Å². The predicted octanol–water partition coefficient (Wildman–Crippen LogP) is 2.42. The monoisotopic (exact) mass is 286 g/mol. The van der Waals surface area contributed by atoms with Gasteiger partial charge in [0.15, 0.2) is 15.6 Å². The van der Waals surface area contributed by atoms with Crippen LogP contribution in [0.2, 0.25) is 5.02 Å². The minimum atomic E-state index is -3.25. The van der Waals surface area contributed by atoms with Gasteiger partial charge < -0.3 is 0 Å². The summed E-state index contributed by atoms with van der Waals surface area (Å²) in [5.41, 5.74) is 0.699. The van der Waals surface area contributed by atoms with E-state index in [1.807, 2.05) is 0 Å². The third kappa shape index (κ3) is 2.93. The molecule has 1 unspecified atom stereocenters. The molecule has 0 aromatic heterocycles. The Hall–Kier alpha value is -0.870. The van der Waals surface area contributed by atoms with Crippen LogP contribution in [0.25, 0.3) is 0 Å². The van der Waals surface area contributed by atoms with Crippen LogP contribution in [0.4, 0.5) is 0 Å². The van der Waals surface area contributed by atoms with Crippen LogP contribution in [-0.4, -0.2) is 25.2 Å². The van der Waals surface area contributed by atoms with Crippen LogP contribution in [-0.2, 0) is 21.1 Å². The topological polar surface area (TPSA) is 51.2 Å². The van der Waals surface area contributed by atoms with Gasteiger partial charge in [0, 0.05) is 11.4 Å². The Morgan fingerprint density at radius 1 is 1.28 bits per heavy atom. The number of carbonyl (C=O) groups excluding carboxylic acids is 1. The van der Waals surface area contributed by atoms with Crippen LogP contribution in [0.1, 0.15) is 24.8 Å². The summed E-state index contributed by atoms with van der Waals surface area (Å²) in [5, 5.41) is -0.318. The molecule has 0 radical (unpaired) electrons. The Morgan fingerprint density at radius 2 is 2.00 bits per heavy atom. The van der Waals surface area contributed by atoms with Gasteiger partial charge in [-0.25, -0.2) is 8.42 Å². The van der Waals surface area contributed by atoms with E-state index in [4.69, 9.17) is 11.6 Å². The second-order valence-electron chi connectivity index (χ2n) is 4.59. The van der Waals surface area contributed by atoms with E-state index >= 15 is 0 Å². The van der Waals surface area contributed by atoms with Crippen LogP contribution in [0.5, 0.6) is 0 Å². The smallest absolute Gasteiger partial charge is 0.160 e. The van der Waals surface area contributed by atoms with E-state index in [0.717, 1.165) is 6.42 Å². The average Bonchev–Trinajstić information content (AvgIpc) is 2.31. The maximum absolute atomic E-state index is 12.1. The number of ketones is 1. The van der Waals surface area contributed by atoms with Gasteiger partial charge in [-0.2, -0.15) is 0 Å². The molecule has 0 N–H and O–H groups in total. The largest absolute Gasteiger partial charge is 0.298 e. The summed E-state index contributed by atoms with van der Waals surface area (Å²) in [6, 6.07) is 7.05. The van der Waals surface area contributed by atoms with Gasteiger partial charge in [0.25, 0.3) is 0 Å². The fraction of sp³-hybridized carbons (Fsp3) is 0.462. The number of Topliss-reactive ketones (excluding diaryl/α,β-unsaturated/α-hetero) is 1. The summed E-state index contributed by atoms with van der Waals surface area (Å²) in [7, 11) is -3.25. The van der Waals surface area contributed by atoms with Gasteiger partial charge >= 0.3 is 0 Å². The standard InChI is InChI=1S/C13H15ClO3S/c14-11-6-2-1-5-10(11)9-12(15)13-7-3-4-8-18(13,16)17/h1-2,5-6,13H,3-4,7-9H2. The Bertz CT molecular complexity index is 551. The van der Waals surface area contributed by atoms with Crippen molar-refractivity contribution < 1.29 is 13.2 Å². The molecule has 0 amide bonds. The lowest BCUT2D eigenvalue weighted by atomic mass is 10.0. The maximum atomic E-state index is 12.1. The molecule has 98 valence electrons. The molecule has 1 aromatic carbocycles. The van der Waals surface area contributed by atoms with E-state index < -0.39 is 15.1 Å². The SMILES string of the molecule is O=C(Cc1ccccc1Cl)C1CCCCS1(=O)=O. The van der Waals surface area contributed by atoms with Crippen LogP contribution in [0, 0.1) is 0 Å². The quantitative estimate of drug-likeness (QED) is 0.857. The summed E-state index contributed by atoms with van der Waals surface area (Å²) in [4.78, 5) is 12.1. The van der Waals surface area contributed by atoms with Gasteiger partial charge in [-0.05, 0) is 24.5 Å². The van der Waals surface area contributed by atoms with Gasteiger partial charge in [0.2, 0.25) is 0 Å². The summed E-state index contributed by atoms with van der Waals surface area (Å²) in [6.45, 7) is 0. The number of hydrogen-bond donors (Lipinski definition) is 0. The number of sulfone groups is 1. The molecule has 1 atom stereocenters. The highest BCUT2D eigenvalue weighted by Crippen LogP contribution is 2.23. The zero-order valence-corrected chi connectivity index (χ0v) is 11.5. The van der Waals surface area contributed by atoms with E-state index in [-0.39, 0.29) is 18.0 Å². The number of benzene rings is 1. The maximum Gasteiger partial charge on any atom is 0.160 e. The number of carbonyl (C=O) groups is 1. The average molecular weight is 287 g/mol. The first-order chi connectivity index (χ1) is 8.50. The molecule has 1 aromatic rings. The van der Waals surface area contributed by atoms with Crippen LogP contribution in [0.3, 0.4) is 0 Å². The molecule has 5 heteroatoms. The molecule has 3 nitrogen and oxygen atoms in total. The molecular formula is C13H15ClO3S. The van der Waals surface area contributed by atoms with E-state index in [1.54, 1.807) is 24.3 Å². The molecule has 0 aliphatic carbocycles. The third-order valence-electron chi connectivity index (χ3n) is 3.26. The van der Waals surface area contributed by atoms with Gasteiger partial charge in [-0.3, -0.25) is 4.79 Å². The van der Waals surface area contributed by atoms with Gasteiger partial charge in [-0.1, -0.05) is 36.2 Å². The second-order valence-corrected chi connectivity index (χ2v) is 7.30. The highest BCUT2D eigenvalue weighted by atomic mass is 35.5. The molecule has 1 aliphatic rings. The summed E-state index contributed by atoms with van der Waals surface area (Å²) in [5.74, 6) is -0.103. The van der Waals surface area contributed by atoms with Crippen molar-refractivity contribution in [3.63, 3.8) is 0 Å². The van der Waals surface area contributed by atoms with Crippen molar-refractivity contribution >= 4 is 27.2 Å². The fourth-order valence-electron chi connectivity index (χ4n) is 2.26. The van der Waals surface area contributed by atoms with Crippen LogP contribution in [0.15, 0.2) is 24.3 Å².